The van der Waals surface area contributed by atoms with Crippen molar-refractivity contribution in [3.8, 4) is 0 Å². The van der Waals surface area contributed by atoms with Gasteiger partial charge in [0.25, 0.3) is 0 Å². The molecule has 0 unspecified atom stereocenters. The predicted molar refractivity (Wildman–Crippen MR) is 64.9 cm³/mol. The van der Waals surface area contributed by atoms with E-state index in [9.17, 15) is 17.6 Å². The third-order valence-corrected chi connectivity index (χ3v) is 3.14. The van der Waals surface area contributed by atoms with E-state index < -0.39 is 18.4 Å². The summed E-state index contributed by atoms with van der Waals surface area (Å²) in [7, 11) is 0. The maximum Gasteiger partial charge on any atom is 0.390 e. The van der Waals surface area contributed by atoms with E-state index in [0.29, 0.717) is 5.52 Å². The van der Waals surface area contributed by atoms with Gasteiger partial charge in [0.2, 0.25) is 0 Å². The fraction of sp³-hybridized carbons (Fsp3) is 0.364. The molecule has 1 heterocycles. The minimum Gasteiger partial charge on any atom is -0.327 e. The van der Waals surface area contributed by atoms with E-state index >= 15 is 0 Å². The number of halogens is 6. The van der Waals surface area contributed by atoms with Gasteiger partial charge >= 0.3 is 6.18 Å². The van der Waals surface area contributed by atoms with Crippen molar-refractivity contribution in [2.24, 2.45) is 0 Å². The first-order valence-electron chi connectivity index (χ1n) is 5.28. The fourth-order valence-electron chi connectivity index (χ4n) is 1.76. The number of nitrogens with zero attached hydrogens (tertiary/aromatic N) is 2. The van der Waals surface area contributed by atoms with E-state index in [1.807, 2.05) is 0 Å². The van der Waals surface area contributed by atoms with E-state index in [0.717, 1.165) is 6.07 Å². The van der Waals surface area contributed by atoms with Crippen LogP contribution in [0.1, 0.15) is 12.2 Å². The molecule has 0 atom stereocenters. The number of imidazole rings is 1. The Balaban J connectivity index is 2.48. The summed E-state index contributed by atoms with van der Waals surface area (Å²) >= 11 is 11.2. The molecule has 8 heteroatoms. The molecule has 1 aromatic carbocycles. The molecule has 0 aliphatic rings. The summed E-state index contributed by atoms with van der Waals surface area (Å²) < 4.78 is 51.4. The average Bonchev–Trinajstić information content (AvgIpc) is 2.63. The van der Waals surface area contributed by atoms with Crippen molar-refractivity contribution in [1.82, 2.24) is 9.55 Å². The number of benzene rings is 1. The molecule has 2 aromatic rings. The van der Waals surface area contributed by atoms with Crippen molar-refractivity contribution >= 4 is 34.2 Å². The Labute approximate surface area is 115 Å². The summed E-state index contributed by atoms with van der Waals surface area (Å²) in [6.07, 6.45) is -5.34. The van der Waals surface area contributed by atoms with Crippen LogP contribution in [0.15, 0.2) is 12.1 Å². The molecule has 2 nitrogen and oxygen atoms in total. The van der Waals surface area contributed by atoms with Gasteiger partial charge in [0, 0.05) is 12.6 Å². The number of alkyl halides is 4. The summed E-state index contributed by atoms with van der Waals surface area (Å²) in [5.41, 5.74) is 0.575. The molecule has 0 spiro atoms. The first-order valence-corrected chi connectivity index (χ1v) is 6.20. The third-order valence-electron chi connectivity index (χ3n) is 2.61. The van der Waals surface area contributed by atoms with Crippen LogP contribution in [0.3, 0.4) is 0 Å². The number of aromatic nitrogens is 2. The van der Waals surface area contributed by atoms with Gasteiger partial charge in [0.05, 0.1) is 28.4 Å². The lowest BCUT2D eigenvalue weighted by Gasteiger charge is -2.10. The Hall–Kier alpha value is -1.01. The molecule has 2 rings (SSSR count). The first-order chi connectivity index (χ1) is 8.81. The number of hydrogen-bond donors (Lipinski definition) is 0. The monoisotopic (exact) mass is 314 g/mol. The number of rotatable bonds is 3. The molecule has 0 aliphatic carbocycles. The normalized spacial score (nSPS) is 12.3. The second-order valence-corrected chi connectivity index (χ2v) is 4.61. The Bertz CT molecular complexity index is 607. The first kappa shape index (κ1) is 14.4. The SMILES string of the molecule is Fc1cc2c(cc1Cl)nc(CCl)n2CCC(F)(F)F. The van der Waals surface area contributed by atoms with Crippen molar-refractivity contribution in [3.63, 3.8) is 0 Å². The van der Waals surface area contributed by atoms with Crippen LogP contribution in [0.4, 0.5) is 17.6 Å². The van der Waals surface area contributed by atoms with E-state index in [1.54, 1.807) is 0 Å². The third kappa shape index (κ3) is 3.12. The summed E-state index contributed by atoms with van der Waals surface area (Å²) in [6, 6.07) is 2.34. The highest BCUT2D eigenvalue weighted by Gasteiger charge is 2.27. The second kappa shape index (κ2) is 5.17. The summed E-state index contributed by atoms with van der Waals surface area (Å²) in [4.78, 5) is 4.05. The molecular weight excluding hydrogens is 307 g/mol. The van der Waals surface area contributed by atoms with Gasteiger partial charge in [0.1, 0.15) is 11.6 Å². The van der Waals surface area contributed by atoms with Gasteiger partial charge < -0.3 is 4.57 Å². The Kier molecular flexibility index (Phi) is 3.92. The molecule has 0 saturated carbocycles. The molecule has 0 fully saturated rings. The van der Waals surface area contributed by atoms with E-state index in [2.05, 4.69) is 4.98 Å². The smallest absolute Gasteiger partial charge is 0.327 e. The van der Waals surface area contributed by atoms with E-state index in [-0.39, 0.29) is 28.8 Å². The van der Waals surface area contributed by atoms with Crippen LogP contribution in [0.2, 0.25) is 5.02 Å². The number of aryl methyl sites for hydroxylation is 1. The van der Waals surface area contributed by atoms with Gasteiger partial charge in [-0.25, -0.2) is 9.37 Å². The van der Waals surface area contributed by atoms with Crippen molar-refractivity contribution < 1.29 is 17.6 Å². The van der Waals surface area contributed by atoms with Gasteiger partial charge in [-0.15, -0.1) is 11.6 Å². The van der Waals surface area contributed by atoms with Gasteiger partial charge in [-0.05, 0) is 6.07 Å². The molecule has 19 heavy (non-hydrogen) atoms. The Morgan fingerprint density at radius 2 is 1.95 bits per heavy atom. The number of hydrogen-bond acceptors (Lipinski definition) is 1. The standard InChI is InChI=1S/C11H8Cl2F4N2/c12-5-10-18-8-3-6(13)7(14)4-9(8)19(10)2-1-11(15,16)17/h3-4H,1-2,5H2. The molecule has 104 valence electrons. The molecule has 0 radical (unpaired) electrons. The van der Waals surface area contributed by atoms with Gasteiger partial charge in [0.15, 0.2) is 0 Å². The topological polar surface area (TPSA) is 17.8 Å². The highest BCUT2D eigenvalue weighted by Crippen LogP contribution is 2.27. The van der Waals surface area contributed by atoms with Crippen LogP contribution < -0.4 is 0 Å². The molecule has 0 N–H and O–H groups in total. The molecule has 0 bridgehead atoms. The lowest BCUT2D eigenvalue weighted by molar-refractivity contribution is -0.136. The van der Waals surface area contributed by atoms with Gasteiger partial charge in [-0.2, -0.15) is 13.2 Å². The summed E-state index contributed by atoms with van der Waals surface area (Å²) in [6.45, 7) is -0.358. The quantitative estimate of drug-likeness (QED) is 0.601. The van der Waals surface area contributed by atoms with Crippen molar-refractivity contribution in [2.75, 3.05) is 0 Å². The van der Waals surface area contributed by atoms with Crippen LogP contribution >= 0.6 is 23.2 Å². The predicted octanol–water partition coefficient (Wildman–Crippen LogP) is 4.52. The highest BCUT2D eigenvalue weighted by atomic mass is 35.5. The van der Waals surface area contributed by atoms with Crippen molar-refractivity contribution in [2.45, 2.75) is 25.0 Å². The van der Waals surface area contributed by atoms with Crippen LogP contribution in [-0.4, -0.2) is 15.7 Å². The molecular formula is C11H8Cl2F4N2. The lowest BCUT2D eigenvalue weighted by Crippen LogP contribution is -2.13. The van der Waals surface area contributed by atoms with Crippen LogP contribution in [0, 0.1) is 5.82 Å². The molecule has 0 amide bonds. The minimum absolute atomic E-state index is 0.0637. The zero-order valence-corrected chi connectivity index (χ0v) is 11.0. The van der Waals surface area contributed by atoms with Gasteiger partial charge in [-0.3, -0.25) is 0 Å². The maximum atomic E-state index is 13.4. The number of fused-ring (bicyclic) bond motifs is 1. The molecule has 0 saturated heterocycles. The van der Waals surface area contributed by atoms with Gasteiger partial charge in [-0.1, -0.05) is 11.6 Å². The second-order valence-electron chi connectivity index (χ2n) is 3.93. The Morgan fingerprint density at radius 1 is 1.26 bits per heavy atom. The molecule has 0 aliphatic heterocycles. The van der Waals surface area contributed by atoms with Crippen LogP contribution in [0.5, 0.6) is 0 Å². The highest BCUT2D eigenvalue weighted by molar-refractivity contribution is 6.31. The summed E-state index contributed by atoms with van der Waals surface area (Å²) in [5.74, 6) is -0.516. The van der Waals surface area contributed by atoms with Crippen LogP contribution in [0.25, 0.3) is 11.0 Å². The van der Waals surface area contributed by atoms with Crippen LogP contribution in [-0.2, 0) is 12.4 Å². The Morgan fingerprint density at radius 3 is 2.53 bits per heavy atom. The van der Waals surface area contributed by atoms with Crippen molar-refractivity contribution in [3.05, 3.63) is 28.8 Å². The van der Waals surface area contributed by atoms with E-state index in [4.69, 9.17) is 23.2 Å². The lowest BCUT2D eigenvalue weighted by atomic mass is 10.3. The van der Waals surface area contributed by atoms with E-state index in [1.165, 1.54) is 10.6 Å². The fourth-order valence-corrected chi connectivity index (χ4v) is 2.12. The largest absolute Gasteiger partial charge is 0.390 e. The summed E-state index contributed by atoms with van der Waals surface area (Å²) in [5, 5.41) is -0.130. The van der Waals surface area contributed by atoms with Crippen molar-refractivity contribution in [1.29, 1.82) is 0 Å². The molecule has 1 aromatic heterocycles. The zero-order chi connectivity index (χ0) is 14.2. The zero-order valence-electron chi connectivity index (χ0n) is 9.44. The minimum atomic E-state index is -4.30. The maximum absolute atomic E-state index is 13.4. The average molecular weight is 315 g/mol.